The molecule has 41 heavy (non-hydrogen) atoms. The van der Waals surface area contributed by atoms with Crippen LogP contribution in [0.5, 0.6) is 0 Å². The van der Waals surface area contributed by atoms with Crippen LogP contribution in [0, 0.1) is 24.7 Å². The molecule has 2 aromatic rings. The lowest BCUT2D eigenvalue weighted by atomic mass is 9.59. The van der Waals surface area contributed by atoms with E-state index in [0.29, 0.717) is 43.0 Å². The first-order valence-electron chi connectivity index (χ1n) is 14.7. The van der Waals surface area contributed by atoms with Gasteiger partial charge in [-0.1, -0.05) is 85.7 Å². The molecule has 1 spiro atoms. The molecule has 0 bridgehead atoms. The van der Waals surface area contributed by atoms with E-state index in [1.165, 1.54) is 48.2 Å². The van der Waals surface area contributed by atoms with Gasteiger partial charge in [0.1, 0.15) is 11.4 Å². The molecule has 5 nitrogen and oxygen atoms in total. The average molecular weight is 550 g/mol. The number of aliphatic imine (C=N–C) groups is 1. The van der Waals surface area contributed by atoms with Crippen LogP contribution in [0.1, 0.15) is 62.3 Å². The van der Waals surface area contributed by atoms with E-state index in [0.717, 1.165) is 11.1 Å². The summed E-state index contributed by atoms with van der Waals surface area (Å²) in [5.41, 5.74) is 9.97. The molecule has 2 fully saturated rings. The van der Waals surface area contributed by atoms with Crippen molar-refractivity contribution >= 4 is 17.2 Å². The van der Waals surface area contributed by atoms with Crippen LogP contribution in [0.4, 0.5) is 0 Å². The van der Waals surface area contributed by atoms with Gasteiger partial charge in [-0.25, -0.2) is 4.99 Å². The number of carbonyl (C=O) groups is 1. The van der Waals surface area contributed by atoms with Crippen molar-refractivity contribution in [2.24, 2.45) is 10.4 Å². The van der Waals surface area contributed by atoms with Crippen LogP contribution in [-0.2, 0) is 16.1 Å². The first-order valence-corrected chi connectivity index (χ1v) is 14.7. The van der Waals surface area contributed by atoms with Crippen LogP contribution >= 0.6 is 0 Å². The van der Waals surface area contributed by atoms with Gasteiger partial charge < -0.3 is 15.0 Å². The number of allylic oxidation sites excluding steroid dienone is 2. The summed E-state index contributed by atoms with van der Waals surface area (Å²) < 4.78 is 5.36. The van der Waals surface area contributed by atoms with E-state index in [-0.39, 0.29) is 5.91 Å². The summed E-state index contributed by atoms with van der Waals surface area (Å²) in [6.07, 6.45) is 12.4. The van der Waals surface area contributed by atoms with Crippen molar-refractivity contribution in [2.75, 3.05) is 33.4 Å². The van der Waals surface area contributed by atoms with E-state index in [1.54, 1.807) is 18.6 Å². The monoisotopic (exact) mass is 549 g/mol. The molecule has 1 aliphatic carbocycles. The Bertz CT molecular complexity index is 1390. The first kappa shape index (κ1) is 30.2. The minimum atomic E-state index is -0.241. The molecule has 5 heteroatoms. The molecule has 0 radical (unpaired) electrons. The van der Waals surface area contributed by atoms with Crippen molar-refractivity contribution in [1.29, 1.82) is 0 Å². The predicted molar refractivity (Wildman–Crippen MR) is 170 cm³/mol. The Labute approximate surface area is 246 Å². The molecule has 0 unspecified atom stereocenters. The Morgan fingerprint density at radius 2 is 1.73 bits per heavy atom. The highest BCUT2D eigenvalue weighted by atomic mass is 16.5. The third-order valence-electron chi connectivity index (χ3n) is 7.92. The molecule has 1 N–H and O–H groups in total. The maximum atomic E-state index is 12.9. The van der Waals surface area contributed by atoms with Crippen molar-refractivity contribution in [3.8, 4) is 12.3 Å². The van der Waals surface area contributed by atoms with Gasteiger partial charge in [0, 0.05) is 25.0 Å². The maximum Gasteiger partial charge on any atom is 0.269 e. The highest BCUT2D eigenvalue weighted by Gasteiger charge is 2.49. The Kier molecular flexibility index (Phi) is 10.2. The van der Waals surface area contributed by atoms with E-state index in [2.05, 4.69) is 83.6 Å². The zero-order valence-corrected chi connectivity index (χ0v) is 25.2. The number of aryl methyl sites for hydroxylation is 1. The summed E-state index contributed by atoms with van der Waals surface area (Å²) in [5.74, 6) is 2.39. The number of rotatable bonds is 7. The van der Waals surface area contributed by atoms with Gasteiger partial charge in [0.05, 0.1) is 13.2 Å². The Morgan fingerprint density at radius 3 is 2.27 bits per heavy atom. The van der Waals surface area contributed by atoms with Crippen molar-refractivity contribution in [1.82, 2.24) is 10.2 Å². The SMILES string of the molecule is C#CC(=N/C(=C\C)C(=O)NCc1ccc(C(=C2CC3(C2)CN(C)C3)c2ccc(C)cc2)cc1)C1=CCOCC1.CC. The molecule has 1 amide bonds. The van der Waals surface area contributed by atoms with Crippen molar-refractivity contribution in [3.05, 3.63) is 99.8 Å². The Balaban J connectivity index is 0.00000189. The molecule has 214 valence electrons. The second-order valence-electron chi connectivity index (χ2n) is 11.1. The number of likely N-dealkylation sites (tertiary alicyclic amines) is 1. The van der Waals surface area contributed by atoms with Gasteiger partial charge in [0.2, 0.25) is 0 Å². The fourth-order valence-electron chi connectivity index (χ4n) is 6.02. The zero-order chi connectivity index (χ0) is 29.4. The lowest BCUT2D eigenvalue weighted by Crippen LogP contribution is -2.58. The molecule has 2 aromatic carbocycles. The minimum absolute atomic E-state index is 0.241. The summed E-state index contributed by atoms with van der Waals surface area (Å²) >= 11 is 0. The molecular formula is C36H43N3O2. The largest absolute Gasteiger partial charge is 0.377 e. The number of terminal acetylenes is 1. The fraction of sp³-hybridized carbons (Fsp3) is 0.389. The molecular weight excluding hydrogens is 506 g/mol. The van der Waals surface area contributed by atoms with Crippen LogP contribution in [0.25, 0.3) is 5.57 Å². The summed E-state index contributed by atoms with van der Waals surface area (Å²) in [5, 5.41) is 3.00. The van der Waals surface area contributed by atoms with Crippen molar-refractivity contribution in [3.63, 3.8) is 0 Å². The molecule has 5 rings (SSSR count). The second-order valence-corrected chi connectivity index (χ2v) is 11.1. The number of hydrogen-bond donors (Lipinski definition) is 1. The lowest BCUT2D eigenvalue weighted by molar-refractivity contribution is -0.117. The lowest BCUT2D eigenvalue weighted by Gasteiger charge is -2.56. The number of nitrogens with zero attached hydrogens (tertiary/aromatic N) is 2. The molecule has 1 saturated heterocycles. The third kappa shape index (κ3) is 7.14. The van der Waals surface area contributed by atoms with E-state index < -0.39 is 0 Å². The summed E-state index contributed by atoms with van der Waals surface area (Å²) in [7, 11) is 2.20. The van der Waals surface area contributed by atoms with Crippen LogP contribution in [-0.4, -0.2) is 49.9 Å². The standard InChI is InChI=1S/C34H37N3O2.C2H6/c1-5-30(26-15-17-39-18-16-26)36-31(6-2)33(38)35-21-25-9-13-28(14-10-25)32(27-11-7-24(3)8-12-27)29-19-34(20-29)22-37(4)23-34;1-2/h1,6-15H,16-23H2,2-4H3,(H,35,38);1-2H3/b31-6-,36-30?;. The molecule has 0 aromatic heterocycles. The van der Waals surface area contributed by atoms with Crippen LogP contribution in [0.15, 0.2) is 82.5 Å². The van der Waals surface area contributed by atoms with Gasteiger partial charge in [-0.2, -0.15) is 0 Å². The number of carbonyl (C=O) groups excluding carboxylic acids is 1. The van der Waals surface area contributed by atoms with Crippen molar-refractivity contribution < 1.29 is 9.53 Å². The molecule has 3 aliphatic rings. The zero-order valence-electron chi connectivity index (χ0n) is 25.2. The summed E-state index contributed by atoms with van der Waals surface area (Å²) in [6.45, 7) is 11.9. The van der Waals surface area contributed by atoms with E-state index >= 15 is 0 Å². The predicted octanol–water partition coefficient (Wildman–Crippen LogP) is 6.49. The molecule has 1 saturated carbocycles. The van der Waals surface area contributed by atoms with Crippen LogP contribution in [0.3, 0.4) is 0 Å². The Hall–Kier alpha value is -3.72. The topological polar surface area (TPSA) is 53.9 Å². The fourth-order valence-corrected chi connectivity index (χ4v) is 6.02. The van der Waals surface area contributed by atoms with Crippen LogP contribution < -0.4 is 5.32 Å². The van der Waals surface area contributed by atoms with Gasteiger partial charge in [0.15, 0.2) is 0 Å². The van der Waals surface area contributed by atoms with Gasteiger partial charge in [0.25, 0.3) is 5.91 Å². The minimum Gasteiger partial charge on any atom is -0.377 e. The van der Waals surface area contributed by atoms with Gasteiger partial charge in [-0.15, -0.1) is 6.42 Å². The van der Waals surface area contributed by atoms with Gasteiger partial charge >= 0.3 is 0 Å². The molecule has 2 heterocycles. The highest BCUT2D eigenvalue weighted by molar-refractivity contribution is 6.14. The summed E-state index contributed by atoms with van der Waals surface area (Å²) in [4.78, 5) is 19.8. The van der Waals surface area contributed by atoms with E-state index in [1.807, 2.05) is 19.9 Å². The smallest absolute Gasteiger partial charge is 0.269 e. The number of nitrogens with one attached hydrogen (secondary N) is 1. The molecule has 0 atom stereocenters. The van der Waals surface area contributed by atoms with Crippen LogP contribution in [0.2, 0.25) is 0 Å². The highest BCUT2D eigenvalue weighted by Crippen LogP contribution is 2.54. The number of benzene rings is 2. The number of hydrogen-bond acceptors (Lipinski definition) is 4. The summed E-state index contributed by atoms with van der Waals surface area (Å²) in [6, 6.07) is 17.4. The quantitative estimate of drug-likeness (QED) is 0.244. The van der Waals surface area contributed by atoms with E-state index in [9.17, 15) is 4.79 Å². The number of amides is 1. The van der Waals surface area contributed by atoms with Gasteiger partial charge in [-0.3, -0.25) is 4.79 Å². The first-order chi connectivity index (χ1) is 19.9. The molecule has 2 aliphatic heterocycles. The normalized spacial score (nSPS) is 18.2. The second kappa shape index (κ2) is 13.8. The van der Waals surface area contributed by atoms with E-state index in [4.69, 9.17) is 11.2 Å². The maximum absolute atomic E-state index is 12.9. The number of ether oxygens (including phenoxy) is 1. The third-order valence-corrected chi connectivity index (χ3v) is 7.92. The van der Waals surface area contributed by atoms with Crippen molar-refractivity contribution in [2.45, 2.75) is 53.5 Å². The van der Waals surface area contributed by atoms with Gasteiger partial charge in [-0.05, 0) is 73.9 Å². The average Bonchev–Trinajstić information content (AvgIpc) is 2.97. The Morgan fingerprint density at radius 1 is 1.10 bits per heavy atom.